The van der Waals surface area contributed by atoms with Crippen LogP contribution in [0.25, 0.3) is 11.0 Å². The molecule has 0 aliphatic carbocycles. The smallest absolute Gasteiger partial charge is 0.416 e. The molecule has 2 fully saturated rings. The van der Waals surface area contributed by atoms with Crippen LogP contribution in [0.15, 0.2) is 72.8 Å². The average molecular weight is 664 g/mol. The maximum absolute atomic E-state index is 13.8. The molecule has 0 bridgehead atoms. The quantitative estimate of drug-likeness (QED) is 0.171. The number of nitrogens with zero attached hydrogens (tertiary/aromatic N) is 5. The zero-order chi connectivity index (χ0) is 33.7. The van der Waals surface area contributed by atoms with Gasteiger partial charge in [0.1, 0.15) is 5.75 Å². The number of imidazole rings is 1. The van der Waals surface area contributed by atoms with Gasteiger partial charge < -0.3 is 28.7 Å². The normalized spacial score (nSPS) is 19.2. The number of benzene rings is 3. The first-order valence-corrected chi connectivity index (χ1v) is 16.8. The molecular formula is C37H44F3N5O3. The van der Waals surface area contributed by atoms with E-state index in [9.17, 15) is 18.0 Å². The lowest BCUT2D eigenvalue weighted by Crippen LogP contribution is -2.39. The second kappa shape index (κ2) is 14.6. The van der Waals surface area contributed by atoms with Crippen LogP contribution in [-0.4, -0.2) is 91.4 Å². The van der Waals surface area contributed by atoms with E-state index in [2.05, 4.69) is 38.6 Å². The molecule has 1 unspecified atom stereocenters. The molecule has 0 saturated carbocycles. The molecule has 1 amide bonds. The number of ether oxygens (including phenoxy) is 2. The van der Waals surface area contributed by atoms with Gasteiger partial charge in [0.05, 0.1) is 35.9 Å². The molecule has 1 atom stereocenters. The van der Waals surface area contributed by atoms with Gasteiger partial charge in [-0.1, -0.05) is 42.5 Å². The zero-order valence-corrected chi connectivity index (χ0v) is 27.7. The molecule has 1 aromatic heterocycles. The fourth-order valence-electron chi connectivity index (χ4n) is 7.23. The Hall–Kier alpha value is -4.09. The fourth-order valence-corrected chi connectivity index (χ4v) is 7.23. The van der Waals surface area contributed by atoms with Crippen molar-refractivity contribution in [1.29, 1.82) is 0 Å². The number of methoxy groups -OCH3 is 1. The largest absolute Gasteiger partial charge is 0.496 e. The molecule has 4 aromatic rings. The van der Waals surface area contributed by atoms with Gasteiger partial charge in [-0.2, -0.15) is 13.2 Å². The summed E-state index contributed by atoms with van der Waals surface area (Å²) in [6.07, 6.45) is -2.01. The van der Waals surface area contributed by atoms with Crippen molar-refractivity contribution in [3.63, 3.8) is 0 Å². The van der Waals surface area contributed by atoms with E-state index in [-0.39, 0.29) is 16.7 Å². The van der Waals surface area contributed by atoms with Gasteiger partial charge in [0.25, 0.3) is 5.91 Å². The maximum atomic E-state index is 13.8. The summed E-state index contributed by atoms with van der Waals surface area (Å²) in [6.45, 7) is 9.36. The van der Waals surface area contributed by atoms with Crippen LogP contribution in [0.1, 0.15) is 47.7 Å². The lowest BCUT2D eigenvalue weighted by Gasteiger charge is -2.33. The van der Waals surface area contributed by atoms with Gasteiger partial charge in [-0.15, -0.1) is 0 Å². The molecule has 0 spiro atoms. The Morgan fingerprint density at radius 1 is 0.938 bits per heavy atom. The number of fused-ring (bicyclic) bond motifs is 1. The number of anilines is 1. The predicted molar refractivity (Wildman–Crippen MR) is 181 cm³/mol. The van der Waals surface area contributed by atoms with Crippen molar-refractivity contribution in [3.05, 3.63) is 89.5 Å². The van der Waals surface area contributed by atoms with Gasteiger partial charge in [0, 0.05) is 51.3 Å². The lowest BCUT2D eigenvalue weighted by molar-refractivity contribution is -0.137. The van der Waals surface area contributed by atoms with E-state index in [1.165, 1.54) is 13.2 Å². The molecule has 3 aromatic carbocycles. The van der Waals surface area contributed by atoms with E-state index >= 15 is 0 Å². The minimum atomic E-state index is -4.56. The number of carbonyl (C=O) groups is 1. The monoisotopic (exact) mass is 663 g/mol. The van der Waals surface area contributed by atoms with Gasteiger partial charge in [-0.3, -0.25) is 4.79 Å². The number of carbonyl (C=O) groups excluding carboxylic acids is 1. The fraction of sp³-hybridized carbons (Fsp3) is 0.459. The zero-order valence-electron chi connectivity index (χ0n) is 27.7. The van der Waals surface area contributed by atoms with E-state index < -0.39 is 17.6 Å². The first kappa shape index (κ1) is 33.8. The third kappa shape index (κ3) is 7.17. The lowest BCUT2D eigenvalue weighted by atomic mass is 9.76. The van der Waals surface area contributed by atoms with Gasteiger partial charge in [-0.25, -0.2) is 4.98 Å². The minimum Gasteiger partial charge on any atom is -0.496 e. The molecule has 2 aliphatic heterocycles. The molecule has 3 heterocycles. The first-order chi connectivity index (χ1) is 23.2. The van der Waals surface area contributed by atoms with E-state index in [1.807, 2.05) is 37.3 Å². The molecule has 256 valence electrons. The number of hydrogen-bond acceptors (Lipinski definition) is 6. The van der Waals surface area contributed by atoms with Crippen molar-refractivity contribution in [1.82, 2.24) is 19.4 Å². The molecule has 48 heavy (non-hydrogen) atoms. The summed E-state index contributed by atoms with van der Waals surface area (Å²) in [6, 6.07) is 21.6. The Morgan fingerprint density at radius 2 is 1.73 bits per heavy atom. The molecule has 8 nitrogen and oxygen atoms in total. The van der Waals surface area contributed by atoms with Crippen molar-refractivity contribution in [2.45, 2.75) is 44.3 Å². The molecule has 6 rings (SSSR count). The average Bonchev–Trinajstić information content (AvgIpc) is 3.62. The van der Waals surface area contributed by atoms with Crippen LogP contribution in [0.5, 0.6) is 5.75 Å². The standard InChI is InChI=1S/C37H44F3N5O3/c1-3-48-25-24-45-32-13-8-7-12-31(32)41-35(45)43-19-9-18-42(22-23-43)20-16-36(28-10-5-4-6-11-28)17-21-44(27-36)34(46)30-26-29(37(38,39)40)14-15-33(30)47-2/h4-8,10-15,26H,3,9,16-25,27H2,1-2H3. The second-order valence-electron chi connectivity index (χ2n) is 12.7. The van der Waals surface area contributed by atoms with Crippen molar-refractivity contribution >= 4 is 22.9 Å². The van der Waals surface area contributed by atoms with Crippen molar-refractivity contribution < 1.29 is 27.4 Å². The molecule has 11 heteroatoms. The van der Waals surface area contributed by atoms with Crippen LogP contribution in [0.4, 0.5) is 19.1 Å². The summed E-state index contributed by atoms with van der Waals surface area (Å²) in [4.78, 5) is 25.4. The first-order valence-electron chi connectivity index (χ1n) is 16.8. The summed E-state index contributed by atoms with van der Waals surface area (Å²) >= 11 is 0. The number of hydrogen-bond donors (Lipinski definition) is 0. The number of likely N-dealkylation sites (tertiary alicyclic amines) is 1. The number of rotatable bonds is 11. The van der Waals surface area contributed by atoms with E-state index in [1.54, 1.807) is 4.90 Å². The van der Waals surface area contributed by atoms with Gasteiger partial charge >= 0.3 is 6.18 Å². The van der Waals surface area contributed by atoms with Crippen molar-refractivity contribution in [3.8, 4) is 5.75 Å². The molecular weight excluding hydrogens is 619 g/mol. The van der Waals surface area contributed by atoms with Gasteiger partial charge in [0.2, 0.25) is 5.95 Å². The highest BCUT2D eigenvalue weighted by Gasteiger charge is 2.42. The summed E-state index contributed by atoms with van der Waals surface area (Å²) in [5.74, 6) is 0.688. The minimum absolute atomic E-state index is 0.0592. The molecule has 2 saturated heterocycles. The summed E-state index contributed by atoms with van der Waals surface area (Å²) in [7, 11) is 1.37. The SMILES string of the molecule is CCOCCn1c(N2CCCN(CCC3(c4ccccc4)CCN(C(=O)c4cc(C(F)(F)F)ccc4OC)C3)CC2)nc2ccccc21. The number of para-hydroxylation sites is 2. The van der Waals surface area contributed by atoms with Crippen LogP contribution in [0.2, 0.25) is 0 Å². The van der Waals surface area contributed by atoms with Crippen LogP contribution in [-0.2, 0) is 22.9 Å². The van der Waals surface area contributed by atoms with E-state index in [0.29, 0.717) is 26.3 Å². The Labute approximate surface area is 280 Å². The second-order valence-corrected chi connectivity index (χ2v) is 12.7. The summed E-state index contributed by atoms with van der Waals surface area (Å²) in [5, 5.41) is 0. The highest BCUT2D eigenvalue weighted by atomic mass is 19.4. The van der Waals surface area contributed by atoms with Gasteiger partial charge in [-0.05, 0) is 75.2 Å². The van der Waals surface area contributed by atoms with Crippen molar-refractivity contribution in [2.24, 2.45) is 0 Å². The van der Waals surface area contributed by atoms with Crippen molar-refractivity contribution in [2.75, 3.05) is 71.0 Å². The Morgan fingerprint density at radius 3 is 2.50 bits per heavy atom. The number of alkyl halides is 3. The third-order valence-corrected chi connectivity index (χ3v) is 9.86. The van der Waals surface area contributed by atoms with Crippen LogP contribution in [0, 0.1) is 0 Å². The molecule has 0 radical (unpaired) electrons. The van der Waals surface area contributed by atoms with Crippen LogP contribution < -0.4 is 9.64 Å². The number of halogens is 3. The Kier molecular flexibility index (Phi) is 10.3. The third-order valence-electron chi connectivity index (χ3n) is 9.86. The number of aromatic nitrogens is 2. The number of amides is 1. The van der Waals surface area contributed by atoms with Crippen LogP contribution in [0.3, 0.4) is 0 Å². The van der Waals surface area contributed by atoms with E-state index in [0.717, 1.165) is 93.2 Å². The Balaban J connectivity index is 1.17. The van der Waals surface area contributed by atoms with Gasteiger partial charge in [0.15, 0.2) is 0 Å². The molecule has 2 aliphatic rings. The predicted octanol–water partition coefficient (Wildman–Crippen LogP) is 6.49. The topological polar surface area (TPSA) is 63.1 Å². The van der Waals surface area contributed by atoms with E-state index in [4.69, 9.17) is 14.5 Å². The highest BCUT2D eigenvalue weighted by Crippen LogP contribution is 2.40. The maximum Gasteiger partial charge on any atom is 0.416 e. The Bertz CT molecular complexity index is 1690. The van der Waals surface area contributed by atoms with Crippen LogP contribution >= 0.6 is 0 Å². The highest BCUT2D eigenvalue weighted by molar-refractivity contribution is 5.97. The summed E-state index contributed by atoms with van der Waals surface area (Å²) in [5.41, 5.74) is 2.01. The molecule has 0 N–H and O–H groups in total. The summed E-state index contributed by atoms with van der Waals surface area (Å²) < 4.78 is 54.0.